The Kier molecular flexibility index (Phi) is 57.5. The molecule has 0 aromatic rings. The van der Waals surface area contributed by atoms with Gasteiger partial charge in [0.05, 0.1) is 25.4 Å². The van der Waals surface area contributed by atoms with Crippen LogP contribution in [0.5, 0.6) is 0 Å². The van der Waals surface area contributed by atoms with Crippen LogP contribution in [0, 0.1) is 0 Å². The minimum atomic E-state index is -0.664. The standard InChI is InChI=1S/C63H121NO5/c1-3-5-7-9-11-13-15-16-17-30-33-37-41-45-49-53-57-63(68)69-58-54-50-46-42-38-34-31-28-26-24-22-20-18-19-21-23-25-27-29-32-36-40-44-48-52-56-62(67)64-60(59-65)61(66)55-51-47-43-39-35-14-12-10-8-6-4-2/h17,19,21,30,60-61,65-66H,3-16,18,20,22-29,31-59H2,1-2H3,(H,64,67)/b21-19-,30-17-. The minimum absolute atomic E-state index is 0.00631. The summed E-state index contributed by atoms with van der Waals surface area (Å²) in [4.78, 5) is 24.5. The molecule has 0 heterocycles. The summed E-state index contributed by atoms with van der Waals surface area (Å²) in [6.07, 6.45) is 71.9. The highest BCUT2D eigenvalue weighted by molar-refractivity contribution is 5.76. The summed E-state index contributed by atoms with van der Waals surface area (Å²) in [7, 11) is 0. The lowest BCUT2D eigenvalue weighted by molar-refractivity contribution is -0.143. The van der Waals surface area contributed by atoms with E-state index in [1.807, 2.05) is 0 Å². The van der Waals surface area contributed by atoms with Crippen LogP contribution < -0.4 is 5.32 Å². The Morgan fingerprint density at radius 3 is 1.03 bits per heavy atom. The van der Waals surface area contributed by atoms with Crippen LogP contribution in [0.1, 0.15) is 341 Å². The van der Waals surface area contributed by atoms with E-state index in [1.54, 1.807) is 0 Å². The van der Waals surface area contributed by atoms with Crippen molar-refractivity contribution in [2.75, 3.05) is 13.2 Å². The molecule has 3 N–H and O–H groups in total. The van der Waals surface area contributed by atoms with Crippen LogP contribution in [0.15, 0.2) is 24.3 Å². The molecular formula is C63H121NO5. The molecular weight excluding hydrogens is 851 g/mol. The summed E-state index contributed by atoms with van der Waals surface area (Å²) >= 11 is 0. The van der Waals surface area contributed by atoms with E-state index in [9.17, 15) is 19.8 Å². The molecule has 0 saturated heterocycles. The minimum Gasteiger partial charge on any atom is -0.466 e. The first-order valence-electron chi connectivity index (χ1n) is 31.1. The SMILES string of the molecule is CCCCCCCCC/C=C\CCCCCCCC(=O)OCCCCCCCCCCCCCC/C=C\CCCCCCCCCCCC(=O)NC(CO)C(O)CCCCCCCCCCCCC. The fourth-order valence-corrected chi connectivity index (χ4v) is 9.69. The molecule has 0 spiro atoms. The second-order valence-corrected chi connectivity index (χ2v) is 21.4. The topological polar surface area (TPSA) is 95.9 Å². The average molecular weight is 973 g/mol. The molecule has 0 rings (SSSR count). The van der Waals surface area contributed by atoms with Gasteiger partial charge >= 0.3 is 5.97 Å². The number of aliphatic hydroxyl groups excluding tert-OH is 2. The predicted octanol–water partition coefficient (Wildman–Crippen LogP) is 19.4. The zero-order chi connectivity index (χ0) is 50.0. The Bertz CT molecular complexity index is 1080. The predicted molar refractivity (Wildman–Crippen MR) is 301 cm³/mol. The Labute approximate surface area is 431 Å². The molecule has 0 aliphatic carbocycles. The van der Waals surface area contributed by atoms with Crippen molar-refractivity contribution in [1.29, 1.82) is 0 Å². The van der Waals surface area contributed by atoms with Crippen molar-refractivity contribution in [2.24, 2.45) is 0 Å². The van der Waals surface area contributed by atoms with Gasteiger partial charge in [-0.25, -0.2) is 0 Å². The average Bonchev–Trinajstić information content (AvgIpc) is 3.35. The Hall–Kier alpha value is -1.66. The quantitative estimate of drug-likeness (QED) is 0.0321. The molecule has 6 heteroatoms. The maximum absolute atomic E-state index is 12.4. The third-order valence-electron chi connectivity index (χ3n) is 14.5. The van der Waals surface area contributed by atoms with Crippen LogP contribution in [0.25, 0.3) is 0 Å². The van der Waals surface area contributed by atoms with Crippen LogP contribution in [0.3, 0.4) is 0 Å². The van der Waals surface area contributed by atoms with E-state index in [4.69, 9.17) is 4.74 Å². The van der Waals surface area contributed by atoms with E-state index < -0.39 is 12.1 Å². The lowest BCUT2D eigenvalue weighted by atomic mass is 10.0. The van der Waals surface area contributed by atoms with Gasteiger partial charge in [-0.15, -0.1) is 0 Å². The monoisotopic (exact) mass is 972 g/mol. The molecule has 0 radical (unpaired) electrons. The summed E-state index contributed by atoms with van der Waals surface area (Å²) < 4.78 is 5.49. The van der Waals surface area contributed by atoms with Crippen LogP contribution in [-0.2, 0) is 14.3 Å². The van der Waals surface area contributed by atoms with Gasteiger partial charge in [-0.1, -0.05) is 276 Å². The first-order chi connectivity index (χ1) is 34.0. The maximum Gasteiger partial charge on any atom is 0.305 e. The van der Waals surface area contributed by atoms with Gasteiger partial charge in [0.25, 0.3) is 0 Å². The molecule has 0 aromatic carbocycles. The lowest BCUT2D eigenvalue weighted by Gasteiger charge is -2.22. The molecule has 2 unspecified atom stereocenters. The van der Waals surface area contributed by atoms with Crippen molar-refractivity contribution in [3.05, 3.63) is 24.3 Å². The van der Waals surface area contributed by atoms with Gasteiger partial charge in [0.2, 0.25) is 5.91 Å². The lowest BCUT2D eigenvalue weighted by Crippen LogP contribution is -2.45. The summed E-state index contributed by atoms with van der Waals surface area (Å²) in [5.41, 5.74) is 0. The number of ether oxygens (including phenoxy) is 1. The van der Waals surface area contributed by atoms with E-state index in [2.05, 4.69) is 43.5 Å². The number of rotatable bonds is 58. The molecule has 0 bridgehead atoms. The van der Waals surface area contributed by atoms with E-state index in [0.29, 0.717) is 25.9 Å². The van der Waals surface area contributed by atoms with Crippen molar-refractivity contribution in [3.8, 4) is 0 Å². The van der Waals surface area contributed by atoms with E-state index in [0.717, 1.165) is 44.9 Å². The maximum atomic E-state index is 12.4. The molecule has 0 aromatic heterocycles. The molecule has 0 aliphatic rings. The van der Waals surface area contributed by atoms with Crippen LogP contribution in [-0.4, -0.2) is 47.4 Å². The number of aliphatic hydroxyl groups is 2. The normalized spacial score (nSPS) is 12.7. The highest BCUT2D eigenvalue weighted by Crippen LogP contribution is 2.17. The smallest absolute Gasteiger partial charge is 0.305 e. The summed E-state index contributed by atoms with van der Waals surface area (Å²) in [6, 6.07) is -0.542. The zero-order valence-electron chi connectivity index (χ0n) is 46.6. The Balaban J connectivity index is 3.37. The molecule has 0 fully saturated rings. The van der Waals surface area contributed by atoms with Gasteiger partial charge in [-0.05, 0) is 77.0 Å². The fourth-order valence-electron chi connectivity index (χ4n) is 9.69. The first kappa shape index (κ1) is 67.3. The number of esters is 1. The van der Waals surface area contributed by atoms with Crippen molar-refractivity contribution in [2.45, 2.75) is 353 Å². The first-order valence-corrected chi connectivity index (χ1v) is 31.1. The van der Waals surface area contributed by atoms with Crippen LogP contribution in [0.4, 0.5) is 0 Å². The number of hydrogen-bond acceptors (Lipinski definition) is 5. The molecule has 1 amide bonds. The second-order valence-electron chi connectivity index (χ2n) is 21.4. The van der Waals surface area contributed by atoms with Gasteiger partial charge < -0.3 is 20.3 Å². The number of allylic oxidation sites excluding steroid dienone is 4. The highest BCUT2D eigenvalue weighted by atomic mass is 16.5. The van der Waals surface area contributed by atoms with Gasteiger partial charge in [-0.2, -0.15) is 0 Å². The van der Waals surface area contributed by atoms with E-state index >= 15 is 0 Å². The third kappa shape index (κ3) is 55.5. The molecule has 6 nitrogen and oxygen atoms in total. The number of unbranched alkanes of at least 4 members (excludes halogenated alkanes) is 43. The van der Waals surface area contributed by atoms with Crippen molar-refractivity contribution >= 4 is 11.9 Å². The van der Waals surface area contributed by atoms with Crippen LogP contribution >= 0.6 is 0 Å². The zero-order valence-corrected chi connectivity index (χ0v) is 46.6. The van der Waals surface area contributed by atoms with E-state index in [1.165, 1.54) is 263 Å². The number of nitrogens with one attached hydrogen (secondary N) is 1. The van der Waals surface area contributed by atoms with Crippen molar-refractivity contribution in [1.82, 2.24) is 5.32 Å². The molecule has 2 atom stereocenters. The Morgan fingerprint density at radius 2 is 0.681 bits per heavy atom. The van der Waals surface area contributed by atoms with E-state index in [-0.39, 0.29) is 18.5 Å². The summed E-state index contributed by atoms with van der Waals surface area (Å²) in [6.45, 7) is 4.95. The molecule has 0 aliphatic heterocycles. The number of carbonyl (C=O) groups is 2. The third-order valence-corrected chi connectivity index (χ3v) is 14.5. The summed E-state index contributed by atoms with van der Waals surface area (Å²) in [5.74, 6) is -0.0319. The summed E-state index contributed by atoms with van der Waals surface area (Å²) in [5, 5.41) is 23.2. The molecule has 408 valence electrons. The van der Waals surface area contributed by atoms with Crippen LogP contribution in [0.2, 0.25) is 0 Å². The number of hydrogen-bond donors (Lipinski definition) is 3. The van der Waals surface area contributed by atoms with Crippen molar-refractivity contribution in [3.63, 3.8) is 0 Å². The van der Waals surface area contributed by atoms with Crippen molar-refractivity contribution < 1.29 is 24.5 Å². The van der Waals surface area contributed by atoms with Gasteiger partial charge in [0.1, 0.15) is 0 Å². The molecule has 69 heavy (non-hydrogen) atoms. The second kappa shape index (κ2) is 58.9. The fraction of sp³-hybridized carbons (Fsp3) is 0.905. The van der Waals surface area contributed by atoms with Gasteiger partial charge in [-0.3, -0.25) is 9.59 Å². The number of amides is 1. The largest absolute Gasteiger partial charge is 0.466 e. The molecule has 0 saturated carbocycles. The van der Waals surface area contributed by atoms with Gasteiger partial charge in [0, 0.05) is 12.8 Å². The Morgan fingerprint density at radius 1 is 0.391 bits per heavy atom. The highest BCUT2D eigenvalue weighted by Gasteiger charge is 2.20. The number of carbonyl (C=O) groups excluding carboxylic acids is 2. The van der Waals surface area contributed by atoms with Gasteiger partial charge in [0.15, 0.2) is 0 Å².